The van der Waals surface area contributed by atoms with Gasteiger partial charge in [0.2, 0.25) is 0 Å². The van der Waals surface area contributed by atoms with Crippen LogP contribution in [-0.4, -0.2) is 16.4 Å². The molecule has 1 aromatic rings. The zero-order valence-corrected chi connectivity index (χ0v) is 13.0. The minimum absolute atomic E-state index is 0.0161. The monoisotopic (exact) mass is 329 g/mol. The number of carbonyl (C=O) groups excluding carboxylic acids is 1. The first kappa shape index (κ1) is 17.2. The Bertz CT molecular complexity index is 622. The van der Waals surface area contributed by atoms with Crippen molar-refractivity contribution >= 4 is 34.8 Å². The van der Waals surface area contributed by atoms with Gasteiger partial charge in [-0.1, -0.05) is 37.0 Å². The number of carbonyl (C=O) groups is 1. The number of hydrogen-bond donors (Lipinski definition) is 1. The van der Waals surface area contributed by atoms with Crippen LogP contribution in [0.2, 0.25) is 10.0 Å². The summed E-state index contributed by atoms with van der Waals surface area (Å²) in [7, 11) is 0. The molecule has 1 N–H and O–H groups in total. The Balaban J connectivity index is 3.21. The highest BCUT2D eigenvalue weighted by atomic mass is 35.5. The number of nitrogens with one attached hydrogen (secondary N) is 1. The van der Waals surface area contributed by atoms with Gasteiger partial charge in [0, 0.05) is 11.6 Å². The van der Waals surface area contributed by atoms with Crippen molar-refractivity contribution in [3.05, 3.63) is 37.9 Å². The third kappa shape index (κ3) is 3.63. The fraction of sp³-hybridized carbons (Fsp3) is 0.385. The number of nitro benzene ring substituents is 1. The van der Waals surface area contributed by atoms with Gasteiger partial charge in [0.05, 0.1) is 16.0 Å². The maximum Gasteiger partial charge on any atom is 0.290 e. The van der Waals surface area contributed by atoms with Gasteiger partial charge in [0.15, 0.2) is 0 Å². The van der Waals surface area contributed by atoms with E-state index >= 15 is 0 Å². The number of halogens is 2. The lowest BCUT2D eigenvalue weighted by Gasteiger charge is -2.24. The molecule has 0 aliphatic heterocycles. The summed E-state index contributed by atoms with van der Waals surface area (Å²) in [5, 5.41) is 22.3. The fourth-order valence-electron chi connectivity index (χ4n) is 1.74. The van der Waals surface area contributed by atoms with Crippen LogP contribution < -0.4 is 5.32 Å². The van der Waals surface area contributed by atoms with Crippen LogP contribution in [0.25, 0.3) is 0 Å². The Morgan fingerprint density at radius 2 is 2.00 bits per heavy atom. The zero-order valence-electron chi connectivity index (χ0n) is 11.4. The number of nitrogens with zero attached hydrogens (tertiary/aromatic N) is 2. The molecule has 6 nitrogen and oxygen atoms in total. The summed E-state index contributed by atoms with van der Waals surface area (Å²) in [4.78, 5) is 22.3. The third-order valence-electron chi connectivity index (χ3n) is 3.24. The maximum absolute atomic E-state index is 12.2. The van der Waals surface area contributed by atoms with Gasteiger partial charge in [0.1, 0.15) is 10.6 Å². The van der Waals surface area contributed by atoms with Crippen molar-refractivity contribution in [3.63, 3.8) is 0 Å². The third-order valence-corrected chi connectivity index (χ3v) is 4.03. The molecule has 0 radical (unpaired) electrons. The molecule has 0 fully saturated rings. The molecule has 1 rings (SSSR count). The molecule has 0 spiro atoms. The summed E-state index contributed by atoms with van der Waals surface area (Å²) < 4.78 is 0. The molecule has 1 aromatic carbocycles. The second-order valence-corrected chi connectivity index (χ2v) is 5.19. The van der Waals surface area contributed by atoms with Crippen LogP contribution in [0.1, 0.15) is 37.0 Å². The lowest BCUT2D eigenvalue weighted by Crippen LogP contribution is -2.46. The SMILES string of the molecule is CCC(C#N)(CC)NC(=O)c1cc(Cl)c(Cl)c([N+](=O)[O-])c1. The number of nitriles is 1. The number of nitro groups is 1. The highest BCUT2D eigenvalue weighted by molar-refractivity contribution is 6.43. The van der Waals surface area contributed by atoms with Crippen molar-refractivity contribution in [2.45, 2.75) is 32.2 Å². The smallest absolute Gasteiger partial charge is 0.290 e. The Kier molecular flexibility index (Phi) is 5.53. The van der Waals surface area contributed by atoms with Crippen LogP contribution >= 0.6 is 23.2 Å². The van der Waals surface area contributed by atoms with Crippen LogP contribution in [0.5, 0.6) is 0 Å². The van der Waals surface area contributed by atoms with E-state index in [4.69, 9.17) is 23.2 Å². The zero-order chi connectivity index (χ0) is 16.2. The molecular weight excluding hydrogens is 317 g/mol. The van der Waals surface area contributed by atoms with Gasteiger partial charge in [-0.2, -0.15) is 5.26 Å². The number of hydrogen-bond acceptors (Lipinski definition) is 4. The van der Waals surface area contributed by atoms with Gasteiger partial charge in [-0.25, -0.2) is 0 Å². The molecule has 0 atom stereocenters. The van der Waals surface area contributed by atoms with Gasteiger partial charge < -0.3 is 5.32 Å². The molecule has 0 aliphatic carbocycles. The molecule has 0 saturated heterocycles. The first-order valence-electron chi connectivity index (χ1n) is 6.17. The molecule has 0 aromatic heterocycles. The lowest BCUT2D eigenvalue weighted by molar-refractivity contribution is -0.384. The van der Waals surface area contributed by atoms with Crippen LogP contribution in [0.15, 0.2) is 12.1 Å². The van der Waals surface area contributed by atoms with Crippen molar-refractivity contribution in [1.82, 2.24) is 5.32 Å². The van der Waals surface area contributed by atoms with E-state index in [0.29, 0.717) is 12.8 Å². The average molecular weight is 330 g/mol. The fourth-order valence-corrected chi connectivity index (χ4v) is 2.13. The molecule has 1 amide bonds. The second-order valence-electron chi connectivity index (χ2n) is 4.40. The van der Waals surface area contributed by atoms with Gasteiger partial charge in [-0.05, 0) is 18.9 Å². The highest BCUT2D eigenvalue weighted by Crippen LogP contribution is 2.33. The van der Waals surface area contributed by atoms with E-state index in [1.165, 1.54) is 6.07 Å². The highest BCUT2D eigenvalue weighted by Gasteiger charge is 2.29. The number of amides is 1. The standard InChI is InChI=1S/C13H13Cl2N3O3/c1-3-13(4-2,7-16)17-12(19)8-5-9(14)11(15)10(6-8)18(20)21/h5-6H,3-4H2,1-2H3,(H,17,19). The van der Waals surface area contributed by atoms with Crippen molar-refractivity contribution in [1.29, 1.82) is 5.26 Å². The van der Waals surface area contributed by atoms with E-state index in [0.717, 1.165) is 6.07 Å². The molecule has 0 heterocycles. The largest absolute Gasteiger partial charge is 0.334 e. The predicted molar refractivity (Wildman–Crippen MR) is 79.5 cm³/mol. The Labute approximate surface area is 131 Å². The molecule has 0 unspecified atom stereocenters. The van der Waals surface area contributed by atoms with Crippen molar-refractivity contribution in [3.8, 4) is 6.07 Å². The summed E-state index contributed by atoms with van der Waals surface area (Å²) >= 11 is 11.5. The summed E-state index contributed by atoms with van der Waals surface area (Å²) in [6, 6.07) is 4.33. The van der Waals surface area contributed by atoms with E-state index in [1.807, 2.05) is 0 Å². The minimum atomic E-state index is -1.02. The van der Waals surface area contributed by atoms with Gasteiger partial charge in [0.25, 0.3) is 11.6 Å². The number of benzene rings is 1. The van der Waals surface area contributed by atoms with Gasteiger partial charge in [-0.15, -0.1) is 0 Å². The first-order chi connectivity index (χ1) is 9.80. The van der Waals surface area contributed by atoms with E-state index < -0.39 is 22.1 Å². The van der Waals surface area contributed by atoms with Crippen LogP contribution in [-0.2, 0) is 0 Å². The summed E-state index contributed by atoms with van der Waals surface area (Å²) in [6.07, 6.45) is 0.824. The molecule has 112 valence electrons. The molecule has 0 bridgehead atoms. The summed E-state index contributed by atoms with van der Waals surface area (Å²) in [6.45, 7) is 3.54. The first-order valence-corrected chi connectivity index (χ1v) is 6.93. The summed E-state index contributed by atoms with van der Waals surface area (Å²) in [5.41, 5.74) is -1.49. The van der Waals surface area contributed by atoms with E-state index in [9.17, 15) is 20.2 Å². The van der Waals surface area contributed by atoms with E-state index in [2.05, 4.69) is 11.4 Å². The summed E-state index contributed by atoms with van der Waals surface area (Å²) in [5.74, 6) is -0.609. The quantitative estimate of drug-likeness (QED) is 0.657. The van der Waals surface area contributed by atoms with Crippen LogP contribution in [0, 0.1) is 21.4 Å². The van der Waals surface area contributed by atoms with Gasteiger partial charge in [-0.3, -0.25) is 14.9 Å². The van der Waals surface area contributed by atoms with E-state index in [-0.39, 0.29) is 15.6 Å². The average Bonchev–Trinajstić information content (AvgIpc) is 2.47. The van der Waals surface area contributed by atoms with Crippen LogP contribution in [0.4, 0.5) is 5.69 Å². The lowest BCUT2D eigenvalue weighted by atomic mass is 9.94. The van der Waals surface area contributed by atoms with Crippen LogP contribution in [0.3, 0.4) is 0 Å². The number of rotatable bonds is 5. The topological polar surface area (TPSA) is 96.0 Å². The maximum atomic E-state index is 12.2. The van der Waals surface area contributed by atoms with Crippen molar-refractivity contribution in [2.24, 2.45) is 0 Å². The molecule has 8 heteroatoms. The molecule has 0 aliphatic rings. The normalized spacial score (nSPS) is 10.8. The molecule has 0 saturated carbocycles. The van der Waals surface area contributed by atoms with E-state index in [1.54, 1.807) is 13.8 Å². The predicted octanol–water partition coefficient (Wildman–Crippen LogP) is 3.71. The van der Waals surface area contributed by atoms with Gasteiger partial charge >= 0.3 is 0 Å². The van der Waals surface area contributed by atoms with Crippen molar-refractivity contribution < 1.29 is 9.72 Å². The molecule has 21 heavy (non-hydrogen) atoms. The Morgan fingerprint density at radius 1 is 1.43 bits per heavy atom. The second kappa shape index (κ2) is 6.74. The Hall–Kier alpha value is -1.84. The minimum Gasteiger partial charge on any atom is -0.334 e. The van der Waals surface area contributed by atoms with Crippen molar-refractivity contribution in [2.75, 3.05) is 0 Å². The molecular formula is C13H13Cl2N3O3. The Morgan fingerprint density at radius 3 is 2.43 bits per heavy atom.